The SMILES string of the molecule is CC(C)[C@H](NC(=O)OC(C)(C)C)C(=O)OC[C@@H]1CCC2(CC2)O1. The maximum absolute atomic E-state index is 12.3. The van der Waals surface area contributed by atoms with Crippen molar-refractivity contribution in [3.8, 4) is 0 Å². The molecule has 0 aromatic rings. The molecule has 2 fully saturated rings. The van der Waals surface area contributed by atoms with Gasteiger partial charge in [-0.15, -0.1) is 0 Å². The van der Waals surface area contributed by atoms with Gasteiger partial charge in [-0.1, -0.05) is 13.8 Å². The predicted molar refractivity (Wildman–Crippen MR) is 85.0 cm³/mol. The van der Waals surface area contributed by atoms with Gasteiger partial charge in [0.1, 0.15) is 18.2 Å². The molecular formula is C17H29NO5. The number of hydrogen-bond donors (Lipinski definition) is 1. The van der Waals surface area contributed by atoms with Gasteiger partial charge < -0.3 is 19.5 Å². The lowest BCUT2D eigenvalue weighted by atomic mass is 10.1. The number of nitrogens with one attached hydrogen (secondary N) is 1. The first-order valence-corrected chi connectivity index (χ1v) is 8.44. The summed E-state index contributed by atoms with van der Waals surface area (Å²) in [5.74, 6) is -0.527. The Hall–Kier alpha value is -1.30. The molecule has 1 aliphatic carbocycles. The summed E-state index contributed by atoms with van der Waals surface area (Å²) in [6, 6.07) is -0.721. The van der Waals surface area contributed by atoms with Gasteiger partial charge in [-0.2, -0.15) is 0 Å². The van der Waals surface area contributed by atoms with E-state index in [1.165, 1.54) is 0 Å². The smallest absolute Gasteiger partial charge is 0.408 e. The minimum atomic E-state index is -0.721. The highest BCUT2D eigenvalue weighted by Crippen LogP contribution is 2.49. The predicted octanol–water partition coefficient (Wildman–Crippen LogP) is 2.79. The highest BCUT2D eigenvalue weighted by molar-refractivity contribution is 5.81. The van der Waals surface area contributed by atoms with Gasteiger partial charge in [0.2, 0.25) is 0 Å². The van der Waals surface area contributed by atoms with E-state index in [2.05, 4.69) is 5.32 Å². The molecule has 23 heavy (non-hydrogen) atoms. The molecule has 0 unspecified atom stereocenters. The fourth-order valence-electron chi connectivity index (χ4n) is 2.72. The summed E-state index contributed by atoms with van der Waals surface area (Å²) >= 11 is 0. The third kappa shape index (κ3) is 5.37. The van der Waals surface area contributed by atoms with Crippen molar-refractivity contribution >= 4 is 12.1 Å². The standard InChI is InChI=1S/C17H29NO5/c1-11(2)13(18-15(20)23-16(3,4)5)14(19)21-10-12-6-7-17(22-12)8-9-17/h11-13H,6-10H2,1-5H3,(H,18,20)/t12-,13-/m0/s1. The van der Waals surface area contributed by atoms with Crippen LogP contribution in [0, 0.1) is 5.92 Å². The zero-order valence-corrected chi connectivity index (χ0v) is 14.8. The first-order valence-electron chi connectivity index (χ1n) is 8.44. The van der Waals surface area contributed by atoms with Crippen LogP contribution < -0.4 is 5.32 Å². The van der Waals surface area contributed by atoms with E-state index in [9.17, 15) is 9.59 Å². The topological polar surface area (TPSA) is 73.9 Å². The summed E-state index contributed by atoms with van der Waals surface area (Å²) < 4.78 is 16.5. The Morgan fingerprint density at radius 3 is 2.39 bits per heavy atom. The van der Waals surface area contributed by atoms with E-state index in [1.54, 1.807) is 20.8 Å². The lowest BCUT2D eigenvalue weighted by molar-refractivity contribution is -0.151. The van der Waals surface area contributed by atoms with Gasteiger partial charge >= 0.3 is 12.1 Å². The molecule has 0 bridgehead atoms. The zero-order valence-electron chi connectivity index (χ0n) is 14.8. The zero-order chi connectivity index (χ0) is 17.3. The van der Waals surface area contributed by atoms with E-state index in [1.807, 2.05) is 13.8 Å². The molecule has 6 nitrogen and oxygen atoms in total. The second-order valence-corrected chi connectivity index (χ2v) is 7.96. The number of esters is 1. The second kappa shape index (κ2) is 6.67. The molecule has 1 saturated heterocycles. The van der Waals surface area contributed by atoms with Gasteiger partial charge in [0.25, 0.3) is 0 Å². The molecule has 0 aromatic carbocycles. The molecule has 6 heteroatoms. The highest BCUT2D eigenvalue weighted by Gasteiger charge is 2.50. The molecule has 1 aliphatic heterocycles. The van der Waals surface area contributed by atoms with Gasteiger partial charge in [0.05, 0.1) is 11.7 Å². The van der Waals surface area contributed by atoms with Crippen LogP contribution in [0.2, 0.25) is 0 Å². The van der Waals surface area contributed by atoms with Gasteiger partial charge in [0.15, 0.2) is 0 Å². The lowest BCUT2D eigenvalue weighted by Gasteiger charge is -2.25. The number of hydrogen-bond acceptors (Lipinski definition) is 5. The number of amides is 1. The van der Waals surface area contributed by atoms with Crippen LogP contribution in [-0.2, 0) is 19.0 Å². The van der Waals surface area contributed by atoms with Crippen LogP contribution in [0.5, 0.6) is 0 Å². The average molecular weight is 327 g/mol. The van der Waals surface area contributed by atoms with Crippen LogP contribution in [0.25, 0.3) is 0 Å². The van der Waals surface area contributed by atoms with E-state index in [-0.39, 0.29) is 24.2 Å². The first kappa shape index (κ1) is 18.0. The average Bonchev–Trinajstić information content (AvgIpc) is 3.03. The van der Waals surface area contributed by atoms with Crippen LogP contribution in [0.1, 0.15) is 60.3 Å². The van der Waals surface area contributed by atoms with Crippen molar-refractivity contribution in [2.75, 3.05) is 6.61 Å². The first-order chi connectivity index (χ1) is 10.6. The maximum atomic E-state index is 12.3. The summed E-state index contributed by atoms with van der Waals surface area (Å²) in [6.45, 7) is 9.30. The molecular weight excluding hydrogens is 298 g/mol. The third-order valence-corrected chi connectivity index (χ3v) is 4.15. The molecule has 132 valence electrons. The Labute approximate surface area is 138 Å². The van der Waals surface area contributed by atoms with Gasteiger partial charge in [-0.25, -0.2) is 9.59 Å². The fraction of sp³-hybridized carbons (Fsp3) is 0.882. The largest absolute Gasteiger partial charge is 0.461 e. The van der Waals surface area contributed by atoms with E-state index >= 15 is 0 Å². The number of alkyl carbamates (subject to hydrolysis) is 1. The second-order valence-electron chi connectivity index (χ2n) is 7.96. The van der Waals surface area contributed by atoms with E-state index in [4.69, 9.17) is 14.2 Å². The molecule has 1 heterocycles. The van der Waals surface area contributed by atoms with Crippen LogP contribution in [-0.4, -0.2) is 42.0 Å². The molecule has 1 spiro atoms. The summed E-state index contributed by atoms with van der Waals surface area (Å²) in [4.78, 5) is 24.1. The molecule has 1 amide bonds. The Kier molecular flexibility index (Phi) is 5.23. The quantitative estimate of drug-likeness (QED) is 0.786. The number of carbonyl (C=O) groups excluding carboxylic acids is 2. The van der Waals surface area contributed by atoms with Crippen LogP contribution in [0.4, 0.5) is 4.79 Å². The summed E-state index contributed by atoms with van der Waals surface area (Å²) in [7, 11) is 0. The van der Waals surface area contributed by atoms with Crippen molar-refractivity contribution in [1.29, 1.82) is 0 Å². The van der Waals surface area contributed by atoms with Crippen molar-refractivity contribution in [2.24, 2.45) is 5.92 Å². The van der Waals surface area contributed by atoms with Crippen molar-refractivity contribution in [3.05, 3.63) is 0 Å². The molecule has 1 saturated carbocycles. The van der Waals surface area contributed by atoms with Gasteiger partial charge in [-0.3, -0.25) is 0 Å². The van der Waals surface area contributed by atoms with Crippen LogP contribution >= 0.6 is 0 Å². The number of ether oxygens (including phenoxy) is 3. The van der Waals surface area contributed by atoms with E-state index < -0.39 is 23.7 Å². The minimum absolute atomic E-state index is 0.0178. The summed E-state index contributed by atoms with van der Waals surface area (Å²) in [5.41, 5.74) is -0.519. The monoisotopic (exact) mass is 327 g/mol. The summed E-state index contributed by atoms with van der Waals surface area (Å²) in [6.07, 6.45) is 3.59. The molecule has 2 rings (SSSR count). The maximum Gasteiger partial charge on any atom is 0.408 e. The van der Waals surface area contributed by atoms with Crippen molar-refractivity contribution in [1.82, 2.24) is 5.32 Å². The number of rotatable bonds is 5. The van der Waals surface area contributed by atoms with Crippen molar-refractivity contribution in [2.45, 2.75) is 83.6 Å². The minimum Gasteiger partial charge on any atom is -0.461 e. The molecule has 2 aliphatic rings. The van der Waals surface area contributed by atoms with Crippen LogP contribution in [0.3, 0.4) is 0 Å². The number of carbonyl (C=O) groups is 2. The lowest BCUT2D eigenvalue weighted by Crippen LogP contribution is -2.47. The van der Waals surface area contributed by atoms with E-state index in [0.717, 1.165) is 25.7 Å². The van der Waals surface area contributed by atoms with Crippen molar-refractivity contribution < 1.29 is 23.8 Å². The molecule has 1 N–H and O–H groups in total. The van der Waals surface area contributed by atoms with Gasteiger partial charge in [0, 0.05) is 0 Å². The summed E-state index contributed by atoms with van der Waals surface area (Å²) in [5, 5.41) is 2.60. The van der Waals surface area contributed by atoms with Crippen LogP contribution in [0.15, 0.2) is 0 Å². The van der Waals surface area contributed by atoms with E-state index in [0.29, 0.717) is 0 Å². The fourth-order valence-corrected chi connectivity index (χ4v) is 2.72. The highest BCUT2D eigenvalue weighted by atomic mass is 16.6. The molecule has 0 radical (unpaired) electrons. The van der Waals surface area contributed by atoms with Gasteiger partial charge in [-0.05, 0) is 52.4 Å². The molecule has 0 aromatic heterocycles. The third-order valence-electron chi connectivity index (χ3n) is 4.15. The molecule has 2 atom stereocenters. The Bertz CT molecular complexity index is 450. The normalized spacial score (nSPS) is 23.7. The Morgan fingerprint density at radius 1 is 1.26 bits per heavy atom. The van der Waals surface area contributed by atoms with Crippen molar-refractivity contribution in [3.63, 3.8) is 0 Å². The Morgan fingerprint density at radius 2 is 1.91 bits per heavy atom. The Balaban J connectivity index is 1.79.